The van der Waals surface area contributed by atoms with Crippen LogP contribution in [0.1, 0.15) is 0 Å². The number of hydrogen-bond donors (Lipinski definition) is 4. The highest BCUT2D eigenvalue weighted by Gasteiger charge is 2.26. The highest BCUT2D eigenvalue weighted by atomic mass is 14.9. The third-order valence-corrected chi connectivity index (χ3v) is 1.88. The average molecular weight is 192 g/mol. The van der Waals surface area contributed by atoms with Gasteiger partial charge in [0, 0.05) is 0 Å². The second-order valence-electron chi connectivity index (χ2n) is 2.67. The predicted molar refractivity (Wildman–Crippen MR) is 56.9 cm³/mol. The molecule has 1 rings (SSSR count). The van der Waals surface area contributed by atoms with Gasteiger partial charge >= 0.3 is 0 Å². The van der Waals surface area contributed by atoms with Crippen LogP contribution in [0.5, 0.6) is 0 Å². The van der Waals surface area contributed by atoms with Gasteiger partial charge in [0.1, 0.15) is 17.2 Å². The molecular formula is C8H12N6. The molecule has 74 valence electrons. The molecule has 0 bridgehead atoms. The van der Waals surface area contributed by atoms with E-state index in [1.54, 1.807) is 0 Å². The first kappa shape index (κ1) is 9.85. The Morgan fingerprint density at radius 3 is 1.79 bits per heavy atom. The zero-order valence-electron chi connectivity index (χ0n) is 7.62. The number of aliphatic imine (C=N–C) groups is 2. The van der Waals surface area contributed by atoms with Gasteiger partial charge in [-0.25, -0.2) is 0 Å². The van der Waals surface area contributed by atoms with Crippen molar-refractivity contribution in [3.63, 3.8) is 0 Å². The summed E-state index contributed by atoms with van der Waals surface area (Å²) in [5.41, 5.74) is 23.8. The summed E-state index contributed by atoms with van der Waals surface area (Å²) < 4.78 is 0. The maximum Gasteiger partial charge on any atom is 0.114 e. The minimum absolute atomic E-state index is 0.0338. The molecule has 1 aliphatic rings. The summed E-state index contributed by atoms with van der Waals surface area (Å²) in [5.74, 6) is 0.0338. The lowest BCUT2D eigenvalue weighted by Gasteiger charge is -2.03. The van der Waals surface area contributed by atoms with Gasteiger partial charge in [-0.2, -0.15) is 0 Å². The smallest absolute Gasteiger partial charge is 0.114 e. The maximum absolute atomic E-state index is 5.67. The lowest BCUT2D eigenvalue weighted by atomic mass is 10.2. The topological polar surface area (TPSA) is 129 Å². The molecule has 6 nitrogen and oxygen atoms in total. The molecule has 0 aromatic carbocycles. The zero-order chi connectivity index (χ0) is 10.9. The van der Waals surface area contributed by atoms with E-state index in [1.807, 2.05) is 0 Å². The van der Waals surface area contributed by atoms with Crippen LogP contribution in [0.25, 0.3) is 0 Å². The van der Waals surface area contributed by atoms with E-state index in [-0.39, 0.29) is 17.2 Å². The molecule has 14 heavy (non-hydrogen) atoms. The third-order valence-electron chi connectivity index (χ3n) is 1.88. The lowest BCUT2D eigenvalue weighted by Crippen LogP contribution is -2.16. The molecule has 0 amide bonds. The molecule has 1 aliphatic carbocycles. The normalized spacial score (nSPS) is 16.1. The van der Waals surface area contributed by atoms with Gasteiger partial charge < -0.3 is 22.9 Å². The maximum atomic E-state index is 5.67. The van der Waals surface area contributed by atoms with Crippen LogP contribution in [0, 0.1) is 0 Å². The minimum atomic E-state index is 0.0338. The molecule has 0 radical (unpaired) electrons. The van der Waals surface area contributed by atoms with E-state index in [9.17, 15) is 0 Å². The Hall–Kier alpha value is -2.24. The molecule has 8 N–H and O–H groups in total. The number of nitrogens with two attached hydrogens (primary N) is 4. The molecule has 0 unspecified atom stereocenters. The van der Waals surface area contributed by atoms with Crippen molar-refractivity contribution in [2.75, 3.05) is 0 Å². The van der Waals surface area contributed by atoms with E-state index < -0.39 is 0 Å². The molecule has 0 heterocycles. The fourth-order valence-electron chi connectivity index (χ4n) is 1.24. The lowest BCUT2D eigenvalue weighted by molar-refractivity contribution is 1.14. The SMILES string of the molecule is C=NC1=C(N=C)C(=C(N)N)C(N)=C1N. The number of rotatable bonds is 2. The predicted octanol–water partition coefficient (Wildman–Crippen LogP) is -1.13. The van der Waals surface area contributed by atoms with Crippen molar-refractivity contribution in [3.8, 4) is 0 Å². The van der Waals surface area contributed by atoms with E-state index in [0.717, 1.165) is 0 Å². The minimum Gasteiger partial charge on any atom is -0.396 e. The van der Waals surface area contributed by atoms with E-state index in [1.165, 1.54) is 0 Å². The summed E-state index contributed by atoms with van der Waals surface area (Å²) in [7, 11) is 0. The van der Waals surface area contributed by atoms with Crippen molar-refractivity contribution >= 4 is 13.4 Å². The van der Waals surface area contributed by atoms with Gasteiger partial charge in [-0.3, -0.25) is 9.98 Å². The molecule has 0 aromatic heterocycles. The Kier molecular flexibility index (Phi) is 2.29. The molecule has 0 aromatic rings. The van der Waals surface area contributed by atoms with E-state index in [0.29, 0.717) is 17.0 Å². The molecule has 0 fully saturated rings. The Balaban J connectivity index is 3.53. The summed E-state index contributed by atoms with van der Waals surface area (Å²) in [6.45, 7) is 6.71. The van der Waals surface area contributed by atoms with Crippen LogP contribution in [0.15, 0.2) is 44.2 Å². The van der Waals surface area contributed by atoms with Gasteiger partial charge in [0.05, 0.1) is 17.0 Å². The first-order valence-electron chi connectivity index (χ1n) is 3.73. The molecule has 0 spiro atoms. The highest BCUT2D eigenvalue weighted by Crippen LogP contribution is 2.33. The molecular weight excluding hydrogens is 180 g/mol. The molecule has 0 saturated heterocycles. The summed E-state index contributed by atoms with van der Waals surface area (Å²) in [4.78, 5) is 7.41. The molecule has 0 saturated carbocycles. The largest absolute Gasteiger partial charge is 0.396 e. The summed E-state index contributed by atoms with van der Waals surface area (Å²) >= 11 is 0. The van der Waals surface area contributed by atoms with Crippen LogP contribution in [-0.2, 0) is 0 Å². The van der Waals surface area contributed by atoms with Gasteiger partial charge in [0.15, 0.2) is 0 Å². The van der Waals surface area contributed by atoms with Gasteiger partial charge in [0.2, 0.25) is 0 Å². The summed E-state index contributed by atoms with van der Waals surface area (Å²) in [6.07, 6.45) is 0. The van der Waals surface area contributed by atoms with Gasteiger partial charge in [0.25, 0.3) is 0 Å². The first-order chi connectivity index (χ1) is 6.54. The van der Waals surface area contributed by atoms with E-state index in [2.05, 4.69) is 23.4 Å². The molecule has 0 aliphatic heterocycles. The average Bonchev–Trinajstić information content (AvgIpc) is 2.39. The summed E-state index contributed by atoms with van der Waals surface area (Å²) in [6, 6.07) is 0. The van der Waals surface area contributed by atoms with Crippen molar-refractivity contribution in [1.29, 1.82) is 0 Å². The van der Waals surface area contributed by atoms with Crippen molar-refractivity contribution in [3.05, 3.63) is 34.2 Å². The Morgan fingerprint density at radius 1 is 0.929 bits per heavy atom. The van der Waals surface area contributed by atoms with Crippen LogP contribution >= 0.6 is 0 Å². The van der Waals surface area contributed by atoms with Crippen LogP contribution in [0.4, 0.5) is 0 Å². The van der Waals surface area contributed by atoms with Crippen molar-refractivity contribution < 1.29 is 0 Å². The van der Waals surface area contributed by atoms with E-state index in [4.69, 9.17) is 22.9 Å². The van der Waals surface area contributed by atoms with Gasteiger partial charge in [-0.1, -0.05) is 0 Å². The van der Waals surface area contributed by atoms with Crippen molar-refractivity contribution in [1.82, 2.24) is 0 Å². The number of nitrogens with zero attached hydrogens (tertiary/aromatic N) is 2. The standard InChI is InChI=1S/C8H12N6/c1-13-6-3(8(11)12)4(9)5(10)7(6)14-2/h1-2,9-12H2. The second-order valence-corrected chi connectivity index (χ2v) is 2.67. The Morgan fingerprint density at radius 2 is 1.43 bits per heavy atom. The quantitative estimate of drug-likeness (QED) is 0.412. The van der Waals surface area contributed by atoms with Crippen molar-refractivity contribution in [2.24, 2.45) is 32.9 Å². The monoisotopic (exact) mass is 192 g/mol. The van der Waals surface area contributed by atoms with Crippen LogP contribution < -0.4 is 22.9 Å². The highest BCUT2D eigenvalue weighted by molar-refractivity contribution is 5.64. The Labute approximate surface area is 81.4 Å². The molecule has 6 heteroatoms. The van der Waals surface area contributed by atoms with Crippen LogP contribution in [0.2, 0.25) is 0 Å². The summed E-state index contributed by atoms with van der Waals surface area (Å²) in [5, 5.41) is 0. The second kappa shape index (κ2) is 3.25. The Bertz CT molecular complexity index is 394. The van der Waals surface area contributed by atoms with E-state index >= 15 is 0 Å². The van der Waals surface area contributed by atoms with Gasteiger partial charge in [-0.05, 0) is 13.4 Å². The fourth-order valence-corrected chi connectivity index (χ4v) is 1.24. The fraction of sp³-hybridized carbons (Fsp3) is 0. The van der Waals surface area contributed by atoms with Crippen molar-refractivity contribution in [2.45, 2.75) is 0 Å². The number of hydrogen-bond acceptors (Lipinski definition) is 6. The van der Waals surface area contributed by atoms with Crippen LogP contribution in [0.3, 0.4) is 0 Å². The van der Waals surface area contributed by atoms with Gasteiger partial charge in [-0.15, -0.1) is 0 Å². The molecule has 0 atom stereocenters. The first-order valence-corrected chi connectivity index (χ1v) is 3.73. The van der Waals surface area contributed by atoms with Crippen LogP contribution in [-0.4, -0.2) is 13.4 Å². The third kappa shape index (κ3) is 1.13. The zero-order valence-corrected chi connectivity index (χ0v) is 7.62.